The molecule has 0 saturated heterocycles. The minimum atomic E-state index is -4.14. The molecule has 8 aliphatic carbocycles. The first-order valence-corrected chi connectivity index (χ1v) is 57.3. The molecule has 0 fully saturated rings. The highest BCUT2D eigenvalue weighted by atomic mass is 32.2. The zero-order valence-electron chi connectivity index (χ0n) is 85.7. The van der Waals surface area contributed by atoms with Gasteiger partial charge in [0.2, 0.25) is 5.88 Å². The van der Waals surface area contributed by atoms with Crippen molar-refractivity contribution in [3.63, 3.8) is 0 Å². The number of methoxy groups -OCH3 is 1. The third-order valence-electron chi connectivity index (χ3n) is 27.6. The number of urea groups is 5. The predicted molar refractivity (Wildman–Crippen MR) is 563 cm³/mol. The number of benzene rings is 5. The van der Waals surface area contributed by atoms with Gasteiger partial charge in [0.05, 0.1) is 56.3 Å². The molecule has 20 rings (SSSR count). The lowest BCUT2D eigenvalue weighted by molar-refractivity contribution is 0.255. The highest BCUT2D eigenvalue weighted by molar-refractivity contribution is 7.91. The van der Waals surface area contributed by atoms with E-state index in [4.69, 9.17) is 9.84 Å². The Morgan fingerprint density at radius 2 is 0.760 bits per heavy atom. The first kappa shape index (κ1) is 108. The van der Waals surface area contributed by atoms with Crippen LogP contribution in [0.5, 0.6) is 5.88 Å². The van der Waals surface area contributed by atoms with Gasteiger partial charge < -0.3 is 69.1 Å². The van der Waals surface area contributed by atoms with Gasteiger partial charge in [-0.15, -0.1) is 0 Å². The second kappa shape index (κ2) is 45.6. The topological polar surface area (TPSA) is 551 Å². The quantitative estimate of drug-likeness (QED) is 0.0240. The van der Waals surface area contributed by atoms with Crippen LogP contribution in [0.3, 0.4) is 0 Å². The number of sulfonamides is 5. The molecule has 0 atom stereocenters. The third-order valence-corrected chi connectivity index (χ3v) is 33.8. The molecule has 0 radical (unpaired) electrons. The SMILES string of the molecule is CC(C)n1cnc(S(=O)(=O)NC(=O)Nc2c(-c3ccnc(C#N)c3)ccc3c2CCC3)c1.CN(C)Cc1c(S(=O)(=O)NC(=O)Nc2c3c(cc4c2CCC4)CCC3)ncn1C.CN(C)Cc1nc(S(=O)(=O)NC(=O)Nc2c3c(cc4c2CCC4)CCC3)cn1C.COc1cc(-c2ccc3c(c2NC(=O)NS(=O)(=O)c2cn(C(C)C)cn2)CCC3)ccn1.Cc1nc(S(=O)(=O)NC(=O)Nc2c3c(cc4c2CCC4)CCC3)cn1CCO. The van der Waals surface area contributed by atoms with Crippen molar-refractivity contribution in [3.05, 3.63) is 235 Å². The van der Waals surface area contributed by atoms with E-state index < -0.39 is 80.3 Å². The highest BCUT2D eigenvalue weighted by Gasteiger charge is 2.36. The van der Waals surface area contributed by atoms with Gasteiger partial charge in [-0.3, -0.25) is 0 Å². The molecule has 8 aliphatic rings. The van der Waals surface area contributed by atoms with Gasteiger partial charge in [0.1, 0.15) is 23.4 Å². The van der Waals surface area contributed by atoms with Crippen molar-refractivity contribution in [2.75, 3.05) is 68.5 Å². The molecule has 47 heteroatoms. The van der Waals surface area contributed by atoms with E-state index in [1.807, 2.05) is 107 Å². The van der Waals surface area contributed by atoms with Gasteiger partial charge >= 0.3 is 30.2 Å². The van der Waals surface area contributed by atoms with Crippen molar-refractivity contribution >= 4 is 109 Å². The normalized spacial score (nSPS) is 14.4. The average Bonchev–Trinajstić information content (AvgIpc) is 1.67. The number of carbonyl (C=O) groups is 5. The lowest BCUT2D eigenvalue weighted by Gasteiger charge is -2.17. The summed E-state index contributed by atoms with van der Waals surface area (Å²) < 4.78 is 151. The Morgan fingerprint density at radius 1 is 0.407 bits per heavy atom. The maximum atomic E-state index is 12.8. The second-order valence-electron chi connectivity index (χ2n) is 39.3. The van der Waals surface area contributed by atoms with Gasteiger partial charge in [0, 0.05) is 111 Å². The number of aryl methyl sites for hydroxylation is 11. The number of imidazole rings is 5. The lowest BCUT2D eigenvalue weighted by atomic mass is 9.97. The third kappa shape index (κ3) is 24.7. The molecule has 794 valence electrons. The Bertz CT molecular complexity index is 7820. The number of fused-ring (bicyclic) bond motifs is 8. The van der Waals surface area contributed by atoms with Gasteiger partial charge in [-0.05, 0) is 335 Å². The van der Waals surface area contributed by atoms with E-state index in [1.165, 1.54) is 95.0 Å². The summed E-state index contributed by atoms with van der Waals surface area (Å²) in [4.78, 5) is 95.3. The van der Waals surface area contributed by atoms with Gasteiger partial charge in [0.25, 0.3) is 50.1 Å². The number of nitrogens with zero attached hydrogens (tertiary/aromatic N) is 15. The Hall–Kier alpha value is -14.3. The summed E-state index contributed by atoms with van der Waals surface area (Å²) in [6.45, 7) is 10.3. The fourth-order valence-corrected chi connectivity index (χ4v) is 25.1. The fraction of sp³-hybridized carbons (Fsp3) is 0.408. The molecule has 7 heterocycles. The van der Waals surface area contributed by atoms with Crippen LogP contribution < -0.4 is 54.9 Å². The number of rotatable bonds is 26. The van der Waals surface area contributed by atoms with Crippen LogP contribution in [0.15, 0.2) is 148 Å². The number of aliphatic hydroxyl groups excluding tert-OH is 1. The number of nitrogens with one attached hydrogen (secondary N) is 10. The van der Waals surface area contributed by atoms with Crippen LogP contribution in [0.25, 0.3) is 22.3 Å². The number of nitriles is 1. The summed E-state index contributed by atoms with van der Waals surface area (Å²) in [6.07, 6.45) is 36.1. The molecule has 10 amide bonds. The van der Waals surface area contributed by atoms with Gasteiger partial charge in [0.15, 0.2) is 25.1 Å². The molecule has 42 nitrogen and oxygen atoms in total. The van der Waals surface area contributed by atoms with E-state index >= 15 is 0 Å². The van der Waals surface area contributed by atoms with Crippen molar-refractivity contribution in [1.82, 2.24) is 91.1 Å². The number of aromatic nitrogens is 12. The van der Waals surface area contributed by atoms with E-state index in [2.05, 4.69) is 98.6 Å². The number of amides is 10. The number of carbonyl (C=O) groups excluding carboxylic acids is 5. The average molecular weight is 2150 g/mol. The van der Waals surface area contributed by atoms with E-state index in [0.29, 0.717) is 58.8 Å². The summed E-state index contributed by atoms with van der Waals surface area (Å²) in [7, 11) is -8.04. The molecule has 11 N–H and O–H groups in total. The first-order chi connectivity index (χ1) is 71.4. The van der Waals surface area contributed by atoms with Crippen LogP contribution in [0, 0.1) is 18.3 Å². The van der Waals surface area contributed by atoms with Crippen molar-refractivity contribution < 1.29 is 75.9 Å². The molecule has 0 saturated carbocycles. The standard InChI is InChI=1S/C22H22N6O3S.C22H25N5O4S.2C20H27N5O3S.C19H24N4O4S/c1-14(2)28-12-20(25-13-28)32(30,31)27-22(29)26-21-18-5-3-4-15(18)6-7-19(21)16-8-9-24-17(10-16)11-23;1-14(2)27-12-20(24-13-27)32(29,30)26-22(28)25-21-17-6-4-5-15(17)7-8-18(21)16-9-10-23-19(11-16)31-3;1-24(2)11-17-19(21-12-25(17)3)29(27,28)23-20(26)22-18-15-8-4-6-13(15)10-14-7-5-9-16(14)18;1-24(2)11-17-21-18(12-25(17)3)29(27,28)23-20(26)22-19-15-8-4-6-13(15)10-14-7-5-9-16(14)19;1-12-20-17(11-23(12)8-9-24)28(26,27)22-19(25)21-18-15-6-2-4-13(15)10-14-5-3-7-16(14)18/h6-10,12-14H,3-5H2,1-2H3,(H2,26,27,29);7-14H,4-6H2,1-3H3,(H2,25,26,28);2*10,12H,4-9,11H2,1-3H3,(H2,22,23,26);10-11,24H,2-9H2,1H3,(H2,21,22,25). The van der Waals surface area contributed by atoms with Crippen LogP contribution in [-0.4, -0.2) is 187 Å². The van der Waals surface area contributed by atoms with Crippen molar-refractivity contribution in [3.8, 4) is 34.2 Å². The van der Waals surface area contributed by atoms with Crippen LogP contribution >= 0.6 is 0 Å². The molecule has 0 spiro atoms. The van der Waals surface area contributed by atoms with Crippen molar-refractivity contribution in [1.29, 1.82) is 5.26 Å². The molecule has 5 aromatic carbocycles. The molecule has 0 aliphatic heterocycles. The summed E-state index contributed by atoms with van der Waals surface area (Å²) in [5, 5.41) is 31.3. The fourth-order valence-electron chi connectivity index (χ4n) is 20.5. The Kier molecular flexibility index (Phi) is 33.0. The van der Waals surface area contributed by atoms with Gasteiger partial charge in [-0.2, -0.15) is 47.4 Å². The van der Waals surface area contributed by atoms with Crippen LogP contribution in [0.1, 0.15) is 203 Å². The second-order valence-corrected chi connectivity index (χ2v) is 47.4. The zero-order chi connectivity index (χ0) is 107. The summed E-state index contributed by atoms with van der Waals surface area (Å²) in [6, 6.07) is 19.7. The number of hydrogen-bond acceptors (Lipinski definition) is 27. The maximum Gasteiger partial charge on any atom is 0.333 e. The Labute approximate surface area is 872 Å². The largest absolute Gasteiger partial charge is 0.481 e. The van der Waals surface area contributed by atoms with E-state index in [0.717, 1.165) is 238 Å². The smallest absolute Gasteiger partial charge is 0.333 e. The van der Waals surface area contributed by atoms with Gasteiger partial charge in [-0.25, -0.2) is 82.5 Å². The molecular weight excluding hydrogens is 2020 g/mol. The lowest BCUT2D eigenvalue weighted by Crippen LogP contribution is -2.36. The number of hydrogen-bond donors (Lipinski definition) is 11. The molecule has 12 aromatic rings. The monoisotopic (exact) mass is 2140 g/mol. The van der Waals surface area contributed by atoms with Crippen molar-refractivity contribution in [2.24, 2.45) is 14.1 Å². The summed E-state index contributed by atoms with van der Waals surface area (Å²) in [5.41, 5.74) is 26.1. The minimum Gasteiger partial charge on any atom is -0.481 e. The number of anilines is 5. The summed E-state index contributed by atoms with van der Waals surface area (Å²) in [5.74, 6) is 1.50. The number of ether oxygens (including phenoxy) is 1. The maximum absolute atomic E-state index is 12.8. The summed E-state index contributed by atoms with van der Waals surface area (Å²) >= 11 is 0. The Balaban J connectivity index is 0.000000134. The molecule has 7 aromatic heterocycles. The van der Waals surface area contributed by atoms with Crippen LogP contribution in [0.4, 0.5) is 52.4 Å². The van der Waals surface area contributed by atoms with E-state index in [9.17, 15) is 71.3 Å². The predicted octanol–water partition coefficient (Wildman–Crippen LogP) is 12.5. The highest BCUT2D eigenvalue weighted by Crippen LogP contribution is 2.45. The van der Waals surface area contributed by atoms with Crippen molar-refractivity contribution in [2.45, 2.75) is 246 Å². The molecule has 150 heavy (non-hydrogen) atoms. The number of aliphatic hydroxyl groups is 1. The van der Waals surface area contributed by atoms with E-state index in [-0.39, 0.29) is 56.1 Å². The van der Waals surface area contributed by atoms with E-state index in [1.54, 1.807) is 63.7 Å². The minimum absolute atomic E-state index is 0.0356. The molecule has 0 unspecified atom stereocenters. The Morgan fingerprint density at radius 3 is 1.13 bits per heavy atom. The molecule has 0 bridgehead atoms. The van der Waals surface area contributed by atoms with Crippen LogP contribution in [-0.2, 0) is 187 Å². The first-order valence-electron chi connectivity index (χ1n) is 49.8. The van der Waals surface area contributed by atoms with Crippen LogP contribution in [0.2, 0.25) is 0 Å². The molecular formula is C103H125N25O17S5. The number of pyridine rings is 2. The zero-order valence-corrected chi connectivity index (χ0v) is 89.8. The van der Waals surface area contributed by atoms with Gasteiger partial charge in [-0.1, -0.05) is 42.5 Å².